The summed E-state index contributed by atoms with van der Waals surface area (Å²) in [5, 5.41) is 3.55. The van der Waals surface area contributed by atoms with E-state index in [0.29, 0.717) is 6.04 Å². The highest BCUT2D eigenvalue weighted by molar-refractivity contribution is 5.43. The van der Waals surface area contributed by atoms with Gasteiger partial charge in [-0.25, -0.2) is 0 Å². The molecule has 1 atom stereocenters. The summed E-state index contributed by atoms with van der Waals surface area (Å²) in [4.78, 5) is 0. The smallest absolute Gasteiger partial charge is 0.122 e. The largest absolute Gasteiger partial charge is 0.494 e. The van der Waals surface area contributed by atoms with Gasteiger partial charge in [-0.3, -0.25) is 0 Å². The van der Waals surface area contributed by atoms with Crippen molar-refractivity contribution in [3.63, 3.8) is 0 Å². The first kappa shape index (κ1) is 11.5. The van der Waals surface area contributed by atoms with Crippen molar-refractivity contribution in [2.45, 2.75) is 39.2 Å². The van der Waals surface area contributed by atoms with Gasteiger partial charge in [-0.1, -0.05) is 19.1 Å². The summed E-state index contributed by atoms with van der Waals surface area (Å²) in [5.74, 6) is 1.09. The number of benzene rings is 1. The molecule has 16 heavy (non-hydrogen) atoms. The van der Waals surface area contributed by atoms with Gasteiger partial charge in [0.1, 0.15) is 5.75 Å². The monoisotopic (exact) mass is 219 g/mol. The molecule has 2 heteroatoms. The molecule has 0 saturated carbocycles. The minimum absolute atomic E-state index is 0.522. The Kier molecular flexibility index (Phi) is 3.83. The fraction of sp³-hybridized carbons (Fsp3) is 0.571. The second-order valence-corrected chi connectivity index (χ2v) is 4.26. The Hall–Kier alpha value is -1.02. The van der Waals surface area contributed by atoms with Crippen LogP contribution in [0.2, 0.25) is 0 Å². The van der Waals surface area contributed by atoms with Gasteiger partial charge in [-0.15, -0.1) is 0 Å². The standard InChI is InChI=1S/C14H21NO/c1-3-15-13-9-5-8-12-11(13)7-6-10-14(12)16-4-2/h6-7,10,13,15H,3-5,8-9H2,1-2H3. The van der Waals surface area contributed by atoms with Crippen LogP contribution < -0.4 is 10.1 Å². The van der Waals surface area contributed by atoms with Gasteiger partial charge in [0.2, 0.25) is 0 Å². The van der Waals surface area contributed by atoms with Crippen LogP contribution in [0.4, 0.5) is 0 Å². The molecule has 0 bridgehead atoms. The van der Waals surface area contributed by atoms with E-state index in [-0.39, 0.29) is 0 Å². The molecule has 1 unspecified atom stereocenters. The van der Waals surface area contributed by atoms with Crippen LogP contribution in [-0.2, 0) is 6.42 Å². The minimum Gasteiger partial charge on any atom is -0.494 e. The number of hydrogen-bond donors (Lipinski definition) is 1. The van der Waals surface area contributed by atoms with Crippen LogP contribution in [0.25, 0.3) is 0 Å². The van der Waals surface area contributed by atoms with Crippen molar-refractivity contribution >= 4 is 0 Å². The Morgan fingerprint density at radius 2 is 2.25 bits per heavy atom. The van der Waals surface area contributed by atoms with Crippen LogP contribution in [0.15, 0.2) is 18.2 Å². The van der Waals surface area contributed by atoms with Crippen LogP contribution in [-0.4, -0.2) is 13.2 Å². The second-order valence-electron chi connectivity index (χ2n) is 4.26. The summed E-state index contributed by atoms with van der Waals surface area (Å²) < 4.78 is 5.70. The lowest BCUT2D eigenvalue weighted by molar-refractivity contribution is 0.331. The molecule has 1 N–H and O–H groups in total. The van der Waals surface area contributed by atoms with Crippen molar-refractivity contribution < 1.29 is 4.74 Å². The third-order valence-corrected chi connectivity index (χ3v) is 3.21. The lowest BCUT2D eigenvalue weighted by Crippen LogP contribution is -2.25. The molecule has 2 nitrogen and oxygen atoms in total. The maximum absolute atomic E-state index is 5.70. The van der Waals surface area contributed by atoms with Crippen LogP contribution in [0.1, 0.15) is 43.9 Å². The normalized spacial score (nSPS) is 19.2. The van der Waals surface area contributed by atoms with Crippen LogP contribution >= 0.6 is 0 Å². The van der Waals surface area contributed by atoms with Gasteiger partial charge in [-0.05, 0) is 49.9 Å². The quantitative estimate of drug-likeness (QED) is 0.840. The second kappa shape index (κ2) is 5.35. The van der Waals surface area contributed by atoms with E-state index in [9.17, 15) is 0 Å². The first-order chi connectivity index (χ1) is 7.86. The van der Waals surface area contributed by atoms with E-state index >= 15 is 0 Å². The lowest BCUT2D eigenvalue weighted by atomic mass is 9.87. The predicted molar refractivity (Wildman–Crippen MR) is 67.0 cm³/mol. The lowest BCUT2D eigenvalue weighted by Gasteiger charge is -2.27. The molecule has 0 fully saturated rings. The van der Waals surface area contributed by atoms with Gasteiger partial charge in [0.25, 0.3) is 0 Å². The van der Waals surface area contributed by atoms with Crippen molar-refractivity contribution in [3.8, 4) is 5.75 Å². The molecule has 0 saturated heterocycles. The van der Waals surface area contributed by atoms with E-state index in [4.69, 9.17) is 4.74 Å². The van der Waals surface area contributed by atoms with Gasteiger partial charge >= 0.3 is 0 Å². The van der Waals surface area contributed by atoms with Gasteiger partial charge < -0.3 is 10.1 Å². The third kappa shape index (κ3) is 2.22. The van der Waals surface area contributed by atoms with Crippen molar-refractivity contribution in [1.82, 2.24) is 5.32 Å². The maximum Gasteiger partial charge on any atom is 0.122 e. The van der Waals surface area contributed by atoms with Crippen molar-refractivity contribution in [2.24, 2.45) is 0 Å². The van der Waals surface area contributed by atoms with E-state index in [0.717, 1.165) is 25.3 Å². The predicted octanol–water partition coefficient (Wildman–Crippen LogP) is 3.07. The molecule has 0 aliphatic heterocycles. The van der Waals surface area contributed by atoms with Gasteiger partial charge in [0, 0.05) is 6.04 Å². The number of ether oxygens (including phenoxy) is 1. The molecule has 2 rings (SSSR count). The number of hydrogen-bond acceptors (Lipinski definition) is 2. The summed E-state index contributed by atoms with van der Waals surface area (Å²) in [5.41, 5.74) is 2.86. The molecule has 1 aliphatic carbocycles. The van der Waals surface area contributed by atoms with E-state index in [1.54, 1.807) is 0 Å². The van der Waals surface area contributed by atoms with Crippen molar-refractivity contribution in [3.05, 3.63) is 29.3 Å². The minimum atomic E-state index is 0.522. The van der Waals surface area contributed by atoms with Crippen molar-refractivity contribution in [2.75, 3.05) is 13.2 Å². The van der Waals surface area contributed by atoms with E-state index in [1.165, 1.54) is 24.0 Å². The summed E-state index contributed by atoms with van der Waals surface area (Å²) in [7, 11) is 0. The summed E-state index contributed by atoms with van der Waals surface area (Å²) in [6.45, 7) is 6.00. The average Bonchev–Trinajstić information content (AvgIpc) is 2.31. The topological polar surface area (TPSA) is 21.3 Å². The fourth-order valence-corrected chi connectivity index (χ4v) is 2.56. The molecule has 1 aromatic rings. The first-order valence-corrected chi connectivity index (χ1v) is 6.34. The molecule has 0 amide bonds. The highest BCUT2D eigenvalue weighted by Gasteiger charge is 2.21. The average molecular weight is 219 g/mol. The Labute approximate surface area is 98.0 Å². The summed E-state index contributed by atoms with van der Waals surface area (Å²) in [6, 6.07) is 6.97. The fourth-order valence-electron chi connectivity index (χ4n) is 2.56. The highest BCUT2D eigenvalue weighted by Crippen LogP contribution is 2.35. The number of fused-ring (bicyclic) bond motifs is 1. The molecule has 1 aromatic carbocycles. The molecular formula is C14H21NO. The van der Waals surface area contributed by atoms with Gasteiger partial charge in [-0.2, -0.15) is 0 Å². The molecular weight excluding hydrogens is 198 g/mol. The van der Waals surface area contributed by atoms with Crippen LogP contribution in [0.3, 0.4) is 0 Å². The first-order valence-electron chi connectivity index (χ1n) is 6.34. The molecule has 0 radical (unpaired) electrons. The zero-order valence-electron chi connectivity index (χ0n) is 10.3. The van der Waals surface area contributed by atoms with E-state index in [1.807, 2.05) is 6.92 Å². The van der Waals surface area contributed by atoms with Crippen LogP contribution in [0, 0.1) is 0 Å². The van der Waals surface area contributed by atoms with Gasteiger partial charge in [0.05, 0.1) is 6.61 Å². The molecule has 88 valence electrons. The third-order valence-electron chi connectivity index (χ3n) is 3.21. The molecule has 1 aliphatic rings. The SMILES string of the molecule is CCNC1CCCc2c(OCC)cccc21. The highest BCUT2D eigenvalue weighted by atomic mass is 16.5. The molecule has 0 aromatic heterocycles. The number of nitrogens with one attached hydrogen (secondary N) is 1. The maximum atomic E-state index is 5.70. The van der Waals surface area contributed by atoms with E-state index in [2.05, 4.69) is 30.4 Å². The van der Waals surface area contributed by atoms with E-state index < -0.39 is 0 Å². The summed E-state index contributed by atoms with van der Waals surface area (Å²) in [6.07, 6.45) is 3.67. The zero-order chi connectivity index (χ0) is 11.4. The Bertz CT molecular complexity index is 349. The number of rotatable bonds is 4. The summed E-state index contributed by atoms with van der Waals surface area (Å²) >= 11 is 0. The van der Waals surface area contributed by atoms with Crippen LogP contribution in [0.5, 0.6) is 5.75 Å². The zero-order valence-corrected chi connectivity index (χ0v) is 10.3. The van der Waals surface area contributed by atoms with Gasteiger partial charge in [0.15, 0.2) is 0 Å². The Morgan fingerprint density at radius 1 is 1.38 bits per heavy atom. The molecule has 0 spiro atoms. The molecule has 0 heterocycles. The van der Waals surface area contributed by atoms with Crippen molar-refractivity contribution in [1.29, 1.82) is 0 Å². The Morgan fingerprint density at radius 3 is 3.00 bits per heavy atom. The Balaban J connectivity index is 2.30.